The van der Waals surface area contributed by atoms with Crippen molar-refractivity contribution in [1.82, 2.24) is 4.98 Å². The smallest absolute Gasteiger partial charge is 0.289 e. The lowest BCUT2D eigenvalue weighted by molar-refractivity contribution is -0.607. The fourth-order valence-electron chi connectivity index (χ4n) is 1.88. The summed E-state index contributed by atoms with van der Waals surface area (Å²) in [6, 6.07) is 16.0. The molecule has 3 heteroatoms. The van der Waals surface area contributed by atoms with Crippen molar-refractivity contribution < 1.29 is 4.73 Å². The van der Waals surface area contributed by atoms with E-state index in [0.29, 0.717) is 0 Å². The van der Waals surface area contributed by atoms with Crippen LogP contribution in [0.5, 0.6) is 0 Å². The Labute approximate surface area is 98.6 Å². The van der Waals surface area contributed by atoms with E-state index in [4.69, 9.17) is 0 Å². The highest BCUT2D eigenvalue weighted by Crippen LogP contribution is 2.22. The number of nitrogens with zero attached hydrogens (tertiary/aromatic N) is 2. The molecule has 17 heavy (non-hydrogen) atoms. The van der Waals surface area contributed by atoms with Crippen LogP contribution in [0.3, 0.4) is 0 Å². The molecule has 1 aromatic heterocycles. The summed E-state index contributed by atoms with van der Waals surface area (Å²) < 4.78 is 0.719. The Morgan fingerprint density at radius 2 is 1.76 bits per heavy atom. The van der Waals surface area contributed by atoms with Gasteiger partial charge in [0.2, 0.25) is 0 Å². The summed E-state index contributed by atoms with van der Waals surface area (Å²) in [7, 11) is 0. The number of rotatable bonds is 1. The highest BCUT2D eigenvalue weighted by molar-refractivity contribution is 5.83. The fourth-order valence-corrected chi connectivity index (χ4v) is 1.88. The average Bonchev–Trinajstić information content (AvgIpc) is 2.39. The summed E-state index contributed by atoms with van der Waals surface area (Å²) in [5.74, 6) is 0. The van der Waals surface area contributed by atoms with Crippen molar-refractivity contribution in [2.75, 3.05) is 0 Å². The number of hydrogen-bond donors (Lipinski definition) is 0. The third-order valence-electron chi connectivity index (χ3n) is 2.71. The van der Waals surface area contributed by atoms with Crippen LogP contribution in [-0.4, -0.2) is 4.98 Å². The number of aromatic nitrogens is 2. The van der Waals surface area contributed by atoms with E-state index in [0.717, 1.165) is 26.8 Å². The molecule has 3 aromatic rings. The Bertz CT molecular complexity index is 665. The third-order valence-corrected chi connectivity index (χ3v) is 2.71. The van der Waals surface area contributed by atoms with Gasteiger partial charge in [0.1, 0.15) is 6.20 Å². The summed E-state index contributed by atoms with van der Waals surface area (Å²) >= 11 is 0. The van der Waals surface area contributed by atoms with Crippen LogP contribution in [0.25, 0.3) is 22.0 Å². The molecule has 0 fully saturated rings. The first kappa shape index (κ1) is 9.78. The number of fused-ring (bicyclic) bond motifs is 1. The highest BCUT2D eigenvalue weighted by Gasteiger charge is 2.03. The Balaban J connectivity index is 2.19. The molecule has 3 nitrogen and oxygen atoms in total. The maximum Gasteiger partial charge on any atom is 0.289 e. The second-order valence-electron chi connectivity index (χ2n) is 3.87. The maximum atomic E-state index is 11.2. The van der Waals surface area contributed by atoms with E-state index in [-0.39, 0.29) is 0 Å². The van der Waals surface area contributed by atoms with Crippen LogP contribution in [0.15, 0.2) is 61.1 Å². The molecule has 0 unspecified atom stereocenters. The molecule has 0 spiro atoms. The van der Waals surface area contributed by atoms with Crippen molar-refractivity contribution in [2.45, 2.75) is 0 Å². The summed E-state index contributed by atoms with van der Waals surface area (Å²) in [4.78, 5) is 4.07. The van der Waals surface area contributed by atoms with Crippen LogP contribution in [0.1, 0.15) is 0 Å². The van der Waals surface area contributed by atoms with Crippen molar-refractivity contribution in [1.29, 1.82) is 0 Å². The summed E-state index contributed by atoms with van der Waals surface area (Å²) in [6.45, 7) is 0. The maximum absolute atomic E-state index is 11.2. The molecule has 0 atom stereocenters. The van der Waals surface area contributed by atoms with Gasteiger partial charge in [-0.25, -0.2) is 4.73 Å². The molecule has 0 saturated heterocycles. The van der Waals surface area contributed by atoms with Crippen LogP contribution < -0.4 is 4.73 Å². The van der Waals surface area contributed by atoms with E-state index >= 15 is 0 Å². The fraction of sp³-hybridized carbons (Fsp3) is 0. The lowest BCUT2D eigenvalue weighted by atomic mass is 10.0. The van der Waals surface area contributed by atoms with Crippen LogP contribution in [-0.2, 0) is 0 Å². The second-order valence-corrected chi connectivity index (χ2v) is 3.87. The Kier molecular flexibility index (Phi) is 2.22. The van der Waals surface area contributed by atoms with Crippen LogP contribution in [0.4, 0.5) is 0 Å². The monoisotopic (exact) mass is 222 g/mol. The van der Waals surface area contributed by atoms with Gasteiger partial charge in [0.25, 0.3) is 6.33 Å². The van der Waals surface area contributed by atoms with Gasteiger partial charge in [-0.15, -0.1) is 0 Å². The van der Waals surface area contributed by atoms with Gasteiger partial charge in [-0.1, -0.05) is 30.3 Å². The Morgan fingerprint density at radius 3 is 2.59 bits per heavy atom. The lowest BCUT2D eigenvalue weighted by Crippen LogP contribution is -2.24. The minimum absolute atomic E-state index is 0.719. The van der Waals surface area contributed by atoms with E-state index in [9.17, 15) is 5.21 Å². The molecule has 0 radical (unpaired) electrons. The molecule has 0 aliphatic carbocycles. The average molecular weight is 222 g/mol. The minimum atomic E-state index is 0.719. The predicted molar refractivity (Wildman–Crippen MR) is 66.1 cm³/mol. The first-order chi connectivity index (χ1) is 8.33. The summed E-state index contributed by atoms with van der Waals surface area (Å²) in [6.07, 6.45) is 2.80. The normalized spacial score (nSPS) is 10.6. The zero-order chi connectivity index (χ0) is 11.7. The van der Waals surface area contributed by atoms with Crippen LogP contribution in [0.2, 0.25) is 0 Å². The zero-order valence-corrected chi connectivity index (χ0v) is 9.08. The third kappa shape index (κ3) is 1.83. The molecular formula is C14H10N2O. The van der Waals surface area contributed by atoms with Gasteiger partial charge in [-0.3, -0.25) is 0 Å². The molecule has 2 aromatic carbocycles. The van der Waals surface area contributed by atoms with Crippen molar-refractivity contribution in [3.05, 3.63) is 66.3 Å². The minimum Gasteiger partial charge on any atom is -0.711 e. The second kappa shape index (κ2) is 3.87. The van der Waals surface area contributed by atoms with E-state index < -0.39 is 0 Å². The van der Waals surface area contributed by atoms with Crippen molar-refractivity contribution in [2.24, 2.45) is 0 Å². The van der Waals surface area contributed by atoms with E-state index in [1.165, 1.54) is 12.5 Å². The van der Waals surface area contributed by atoms with Crippen molar-refractivity contribution in [3.63, 3.8) is 0 Å². The number of benzene rings is 2. The van der Waals surface area contributed by atoms with Crippen molar-refractivity contribution in [3.8, 4) is 11.1 Å². The first-order valence-corrected chi connectivity index (χ1v) is 5.37. The quantitative estimate of drug-likeness (QED) is 0.469. The van der Waals surface area contributed by atoms with Crippen molar-refractivity contribution >= 4 is 10.9 Å². The van der Waals surface area contributed by atoms with E-state index in [2.05, 4.69) is 4.98 Å². The molecule has 0 aliphatic rings. The van der Waals surface area contributed by atoms with Gasteiger partial charge >= 0.3 is 0 Å². The zero-order valence-electron chi connectivity index (χ0n) is 9.08. The van der Waals surface area contributed by atoms with Gasteiger partial charge in [-0.05, 0) is 34.3 Å². The van der Waals surface area contributed by atoms with Crippen LogP contribution in [0, 0.1) is 5.21 Å². The molecular weight excluding hydrogens is 212 g/mol. The lowest BCUT2D eigenvalue weighted by Gasteiger charge is -2.03. The van der Waals surface area contributed by atoms with Gasteiger partial charge in [0, 0.05) is 0 Å². The van der Waals surface area contributed by atoms with Gasteiger partial charge in [0.05, 0.1) is 5.39 Å². The van der Waals surface area contributed by atoms with Gasteiger partial charge in [0.15, 0.2) is 5.52 Å². The molecule has 0 N–H and O–H groups in total. The molecule has 0 amide bonds. The largest absolute Gasteiger partial charge is 0.711 e. The van der Waals surface area contributed by atoms with Gasteiger partial charge < -0.3 is 5.21 Å². The Hall–Kier alpha value is -2.42. The number of hydrogen-bond acceptors (Lipinski definition) is 2. The molecule has 1 heterocycles. The molecule has 3 rings (SSSR count). The SMILES string of the molecule is [O-][n+]1cnc2ccc(-c3ccccc3)cc2c1. The molecule has 0 aliphatic heterocycles. The van der Waals surface area contributed by atoms with Gasteiger partial charge in [-0.2, -0.15) is 0 Å². The Morgan fingerprint density at radius 1 is 0.941 bits per heavy atom. The summed E-state index contributed by atoms with van der Waals surface area (Å²) in [5, 5.41) is 12.0. The molecule has 0 saturated carbocycles. The highest BCUT2D eigenvalue weighted by atomic mass is 16.5. The first-order valence-electron chi connectivity index (χ1n) is 5.37. The van der Waals surface area contributed by atoms with E-state index in [1.54, 1.807) is 0 Å². The van der Waals surface area contributed by atoms with E-state index in [1.807, 2.05) is 48.5 Å². The molecule has 82 valence electrons. The summed E-state index contributed by atoms with van der Waals surface area (Å²) in [5.41, 5.74) is 3.05. The topological polar surface area (TPSA) is 39.8 Å². The molecule has 0 bridgehead atoms. The predicted octanol–water partition coefficient (Wildman–Crippen LogP) is 2.54. The standard InChI is InChI=1S/C14H10N2O/c17-16-9-13-8-12(6-7-14(13)15-10-16)11-4-2-1-3-5-11/h1-10H. The van der Waals surface area contributed by atoms with Crippen LogP contribution >= 0.6 is 0 Å².